The van der Waals surface area contributed by atoms with Gasteiger partial charge in [0.25, 0.3) is 0 Å². The van der Waals surface area contributed by atoms with E-state index in [2.05, 4.69) is 125 Å². The molecular formula is C45H45N7O. The first-order valence-corrected chi connectivity index (χ1v) is 18.5. The molecule has 0 radical (unpaired) electrons. The SMILES string of the molecule is Cn1c(CCc2ccc(C(=N)N)cc2)nc2cc(N(Cc3cccc4ccccc34)C(=O)CN3CCC(Nc4ccc5ccccc5c4)CC3)ccc21. The molecule has 8 nitrogen and oxygen atoms in total. The number of carbonyl (C=O) groups excluding carboxylic acids is 1. The number of aryl methyl sites for hydroxylation is 3. The predicted molar refractivity (Wildman–Crippen MR) is 218 cm³/mol. The van der Waals surface area contributed by atoms with Crippen molar-refractivity contribution in [3.05, 3.63) is 150 Å². The van der Waals surface area contributed by atoms with E-state index < -0.39 is 0 Å². The molecular weight excluding hydrogens is 655 g/mol. The molecule has 2 heterocycles. The highest BCUT2D eigenvalue weighted by atomic mass is 16.2. The van der Waals surface area contributed by atoms with Gasteiger partial charge in [-0.05, 0) is 82.3 Å². The summed E-state index contributed by atoms with van der Waals surface area (Å²) < 4.78 is 2.15. The maximum absolute atomic E-state index is 14.4. The molecule has 53 heavy (non-hydrogen) atoms. The van der Waals surface area contributed by atoms with E-state index in [1.54, 1.807) is 0 Å². The fraction of sp³-hybridized carbons (Fsp3) is 0.222. The summed E-state index contributed by atoms with van der Waals surface area (Å²) in [5, 5.41) is 16.2. The molecule has 4 N–H and O–H groups in total. The molecule has 1 aliphatic heterocycles. The minimum absolute atomic E-state index is 0.0744. The van der Waals surface area contributed by atoms with Crippen molar-refractivity contribution in [2.75, 3.05) is 29.9 Å². The summed E-state index contributed by atoms with van der Waals surface area (Å²) in [5.41, 5.74) is 12.6. The fourth-order valence-corrected chi connectivity index (χ4v) is 7.69. The van der Waals surface area contributed by atoms with Crippen LogP contribution in [-0.4, -0.2) is 51.9 Å². The van der Waals surface area contributed by atoms with Crippen LogP contribution in [0, 0.1) is 5.41 Å². The minimum Gasteiger partial charge on any atom is -0.384 e. The summed E-state index contributed by atoms with van der Waals surface area (Å²) in [6, 6.07) is 44.2. The van der Waals surface area contributed by atoms with Crippen LogP contribution in [0.15, 0.2) is 127 Å². The molecule has 0 aliphatic carbocycles. The number of nitrogens with two attached hydrogens (primary N) is 1. The number of likely N-dealkylation sites (tertiary alicyclic amines) is 1. The van der Waals surface area contributed by atoms with E-state index in [1.807, 2.05) is 29.2 Å². The van der Waals surface area contributed by atoms with Crippen molar-refractivity contribution in [1.82, 2.24) is 14.5 Å². The van der Waals surface area contributed by atoms with Crippen LogP contribution >= 0.6 is 0 Å². The lowest BCUT2D eigenvalue weighted by atomic mass is 10.0. The Bertz CT molecular complexity index is 2420. The highest BCUT2D eigenvalue weighted by molar-refractivity contribution is 5.98. The summed E-state index contributed by atoms with van der Waals surface area (Å²) in [6.45, 7) is 2.56. The van der Waals surface area contributed by atoms with Gasteiger partial charge in [0, 0.05) is 49.5 Å². The molecule has 1 aromatic heterocycles. The normalized spacial score (nSPS) is 13.8. The Kier molecular flexibility index (Phi) is 9.61. The van der Waals surface area contributed by atoms with Crippen LogP contribution in [-0.2, 0) is 31.2 Å². The zero-order chi connectivity index (χ0) is 36.3. The molecule has 8 heteroatoms. The average Bonchev–Trinajstić information content (AvgIpc) is 3.50. The van der Waals surface area contributed by atoms with Crippen LogP contribution in [0.4, 0.5) is 11.4 Å². The number of rotatable bonds is 11. The third kappa shape index (κ3) is 7.50. The van der Waals surface area contributed by atoms with E-state index in [0.717, 1.165) is 83.5 Å². The fourth-order valence-electron chi connectivity index (χ4n) is 7.69. The summed E-state index contributed by atoms with van der Waals surface area (Å²) in [6.07, 6.45) is 3.55. The van der Waals surface area contributed by atoms with Gasteiger partial charge in [-0.2, -0.15) is 0 Å². The van der Waals surface area contributed by atoms with Crippen molar-refractivity contribution in [2.45, 2.75) is 38.3 Å². The molecule has 266 valence electrons. The van der Waals surface area contributed by atoms with Gasteiger partial charge in [0.15, 0.2) is 0 Å². The van der Waals surface area contributed by atoms with E-state index in [-0.39, 0.29) is 11.7 Å². The first-order valence-electron chi connectivity index (χ1n) is 18.5. The van der Waals surface area contributed by atoms with Crippen LogP contribution in [0.3, 0.4) is 0 Å². The maximum Gasteiger partial charge on any atom is 0.241 e. The van der Waals surface area contributed by atoms with Gasteiger partial charge in [-0.3, -0.25) is 15.1 Å². The van der Waals surface area contributed by atoms with Crippen LogP contribution < -0.4 is 16.0 Å². The summed E-state index contributed by atoms with van der Waals surface area (Å²) in [5.74, 6) is 1.15. The number of piperidine rings is 1. The van der Waals surface area contributed by atoms with Crippen molar-refractivity contribution in [2.24, 2.45) is 12.8 Å². The molecule has 1 saturated heterocycles. The minimum atomic E-state index is 0.0744. The molecule has 0 unspecified atom stereocenters. The molecule has 0 bridgehead atoms. The Morgan fingerprint density at radius 3 is 2.36 bits per heavy atom. The number of amidine groups is 1. The number of nitrogens with one attached hydrogen (secondary N) is 2. The van der Waals surface area contributed by atoms with Crippen molar-refractivity contribution >= 4 is 55.7 Å². The maximum atomic E-state index is 14.4. The smallest absolute Gasteiger partial charge is 0.241 e. The molecule has 6 aromatic carbocycles. The lowest BCUT2D eigenvalue weighted by molar-refractivity contribution is -0.120. The number of nitrogen functional groups attached to an aromatic ring is 1. The number of fused-ring (bicyclic) bond motifs is 3. The zero-order valence-corrected chi connectivity index (χ0v) is 30.1. The van der Waals surface area contributed by atoms with Crippen molar-refractivity contribution in [1.29, 1.82) is 5.41 Å². The molecule has 7 aromatic rings. The second-order valence-electron chi connectivity index (χ2n) is 14.2. The molecule has 1 fully saturated rings. The number of carbonyl (C=O) groups is 1. The van der Waals surface area contributed by atoms with Gasteiger partial charge in [-0.15, -0.1) is 0 Å². The number of benzene rings is 6. The largest absolute Gasteiger partial charge is 0.384 e. The topological polar surface area (TPSA) is 103 Å². The van der Waals surface area contributed by atoms with Gasteiger partial charge in [-0.25, -0.2) is 4.98 Å². The average molecular weight is 700 g/mol. The van der Waals surface area contributed by atoms with Crippen molar-refractivity contribution in [3.63, 3.8) is 0 Å². The van der Waals surface area contributed by atoms with Crippen LogP contribution in [0.1, 0.15) is 35.4 Å². The van der Waals surface area contributed by atoms with E-state index >= 15 is 0 Å². The molecule has 8 rings (SSSR count). The molecule has 0 saturated carbocycles. The number of aromatic nitrogens is 2. The van der Waals surface area contributed by atoms with Crippen molar-refractivity contribution < 1.29 is 4.79 Å². The van der Waals surface area contributed by atoms with E-state index in [1.165, 1.54) is 21.7 Å². The van der Waals surface area contributed by atoms with Crippen molar-refractivity contribution in [3.8, 4) is 0 Å². The first-order chi connectivity index (χ1) is 25.9. The Balaban J connectivity index is 0.998. The van der Waals surface area contributed by atoms with Gasteiger partial charge < -0.3 is 20.5 Å². The highest BCUT2D eigenvalue weighted by Gasteiger charge is 2.25. The van der Waals surface area contributed by atoms with Crippen LogP contribution in [0.2, 0.25) is 0 Å². The third-order valence-corrected chi connectivity index (χ3v) is 10.7. The second-order valence-corrected chi connectivity index (χ2v) is 14.2. The number of amides is 1. The van der Waals surface area contributed by atoms with Crippen LogP contribution in [0.5, 0.6) is 0 Å². The quantitative estimate of drug-likeness (QED) is 0.0937. The first kappa shape index (κ1) is 34.1. The van der Waals surface area contributed by atoms with E-state index in [0.29, 0.717) is 19.1 Å². The summed E-state index contributed by atoms with van der Waals surface area (Å²) in [7, 11) is 2.06. The van der Waals surface area contributed by atoms with Gasteiger partial charge in [-0.1, -0.05) is 97.1 Å². The molecule has 0 spiro atoms. The monoisotopic (exact) mass is 699 g/mol. The second kappa shape index (κ2) is 14.9. The van der Waals surface area contributed by atoms with Gasteiger partial charge >= 0.3 is 0 Å². The summed E-state index contributed by atoms with van der Waals surface area (Å²) >= 11 is 0. The third-order valence-electron chi connectivity index (χ3n) is 10.7. The van der Waals surface area contributed by atoms with Gasteiger partial charge in [0.1, 0.15) is 11.7 Å². The molecule has 1 amide bonds. The molecule has 0 atom stereocenters. The zero-order valence-electron chi connectivity index (χ0n) is 30.1. The highest BCUT2D eigenvalue weighted by Crippen LogP contribution is 2.28. The summed E-state index contributed by atoms with van der Waals surface area (Å²) in [4.78, 5) is 23.7. The van der Waals surface area contributed by atoms with Gasteiger partial charge in [0.05, 0.1) is 24.1 Å². The van der Waals surface area contributed by atoms with Gasteiger partial charge in [0.2, 0.25) is 5.91 Å². The van der Waals surface area contributed by atoms with E-state index in [4.69, 9.17) is 16.1 Å². The Hall–Kier alpha value is -5.99. The number of hydrogen-bond donors (Lipinski definition) is 3. The lowest BCUT2D eigenvalue weighted by Gasteiger charge is -2.34. The van der Waals surface area contributed by atoms with E-state index in [9.17, 15) is 4.79 Å². The molecule has 1 aliphatic rings. The Morgan fingerprint density at radius 1 is 0.830 bits per heavy atom. The number of hydrogen-bond acceptors (Lipinski definition) is 5. The number of imidazole rings is 1. The standard InChI is InChI=1S/C45H45N7O/c1-50-42-21-20-39(28-41(42)49-43(50)22-15-31-13-16-34(17-14-31)45(46)47)52(29-36-11-6-10-33-8-4-5-12-40(33)36)44(53)30-51-25-23-37(24-26-51)48-38-19-18-32-7-2-3-9-35(32)27-38/h2-14,16-21,27-28,37,48H,15,22-26,29-30H2,1H3,(H3,46,47). The number of nitrogens with zero attached hydrogens (tertiary/aromatic N) is 4. The predicted octanol–water partition coefficient (Wildman–Crippen LogP) is 8.06. The Labute approximate surface area is 310 Å². The lowest BCUT2D eigenvalue weighted by Crippen LogP contribution is -2.45. The Morgan fingerprint density at radius 2 is 1.57 bits per heavy atom. The van der Waals surface area contributed by atoms with Crippen LogP contribution in [0.25, 0.3) is 32.6 Å². The number of anilines is 2.